The molecule has 0 fully saturated rings. The van der Waals surface area contributed by atoms with Crippen LogP contribution in [0.4, 0.5) is 5.69 Å². The number of hydrogen-bond donors (Lipinski definition) is 0. The smallest absolute Gasteiger partial charge is 0.157 e. The Morgan fingerprint density at radius 3 is 1.34 bits per heavy atom. The van der Waals surface area contributed by atoms with E-state index >= 15 is 0 Å². The molecule has 0 saturated heterocycles. The van der Waals surface area contributed by atoms with Crippen LogP contribution in [-0.4, -0.2) is 7.11 Å². The molecule has 0 amide bonds. The molecule has 0 aliphatic heterocycles. The van der Waals surface area contributed by atoms with Crippen molar-refractivity contribution in [1.82, 2.24) is 0 Å². The predicted molar refractivity (Wildman–Crippen MR) is 117 cm³/mol. The van der Waals surface area contributed by atoms with Crippen LogP contribution >= 0.6 is 0 Å². The topological polar surface area (TPSA) is 34.0 Å². The summed E-state index contributed by atoms with van der Waals surface area (Å²) in [5.41, 5.74) is 3.22. The van der Waals surface area contributed by atoms with Gasteiger partial charge in [-0.2, -0.15) is 10.2 Å². The summed E-state index contributed by atoms with van der Waals surface area (Å²) in [6, 6.07) is 38.5. The SMILES string of the molecule is COc1ccc(/N=N/C(c2ccccc2)(c2ccccc2)c2ccccc2)cc1. The van der Waals surface area contributed by atoms with Crippen LogP contribution in [0.5, 0.6) is 5.75 Å². The van der Waals surface area contributed by atoms with E-state index in [1.165, 1.54) is 0 Å². The third-order valence-corrected chi connectivity index (χ3v) is 4.96. The second-order valence-electron chi connectivity index (χ2n) is 6.71. The van der Waals surface area contributed by atoms with Gasteiger partial charge in [0.25, 0.3) is 0 Å². The maximum Gasteiger partial charge on any atom is 0.157 e. The molecule has 0 atom stereocenters. The highest BCUT2D eigenvalue weighted by atomic mass is 16.5. The number of rotatable bonds is 6. The molecule has 0 unspecified atom stereocenters. The Hall–Kier alpha value is -3.72. The van der Waals surface area contributed by atoms with Gasteiger partial charge in [0.05, 0.1) is 12.8 Å². The second kappa shape index (κ2) is 8.53. The summed E-state index contributed by atoms with van der Waals surface area (Å²) < 4.78 is 5.25. The number of hydrogen-bond acceptors (Lipinski definition) is 3. The Balaban J connectivity index is 1.93. The molecule has 0 aliphatic carbocycles. The average molecular weight is 378 g/mol. The van der Waals surface area contributed by atoms with Crippen molar-refractivity contribution >= 4 is 5.69 Å². The van der Waals surface area contributed by atoms with E-state index in [0.29, 0.717) is 0 Å². The van der Waals surface area contributed by atoms with Crippen molar-refractivity contribution in [2.24, 2.45) is 10.2 Å². The Morgan fingerprint density at radius 2 is 0.966 bits per heavy atom. The highest BCUT2D eigenvalue weighted by molar-refractivity contribution is 5.50. The van der Waals surface area contributed by atoms with Gasteiger partial charge >= 0.3 is 0 Å². The van der Waals surface area contributed by atoms with Crippen molar-refractivity contribution in [3.63, 3.8) is 0 Å². The van der Waals surface area contributed by atoms with Crippen LogP contribution in [-0.2, 0) is 5.54 Å². The van der Waals surface area contributed by atoms with Gasteiger partial charge in [-0.1, -0.05) is 91.0 Å². The molecule has 0 heterocycles. The van der Waals surface area contributed by atoms with Gasteiger partial charge in [-0.15, -0.1) is 0 Å². The lowest BCUT2D eigenvalue weighted by Crippen LogP contribution is -2.26. The second-order valence-corrected chi connectivity index (χ2v) is 6.71. The fourth-order valence-electron chi connectivity index (χ4n) is 3.49. The molecule has 142 valence electrons. The van der Waals surface area contributed by atoms with E-state index in [2.05, 4.69) is 41.5 Å². The zero-order valence-corrected chi connectivity index (χ0v) is 16.3. The van der Waals surface area contributed by atoms with Crippen molar-refractivity contribution in [1.29, 1.82) is 0 Å². The molecule has 0 aromatic heterocycles. The Morgan fingerprint density at radius 1 is 0.552 bits per heavy atom. The molecular weight excluding hydrogens is 356 g/mol. The van der Waals surface area contributed by atoms with Crippen molar-refractivity contribution in [3.05, 3.63) is 132 Å². The first-order valence-electron chi connectivity index (χ1n) is 9.56. The van der Waals surface area contributed by atoms with E-state index in [0.717, 1.165) is 28.1 Å². The molecule has 4 aromatic rings. The van der Waals surface area contributed by atoms with E-state index in [1.54, 1.807) is 7.11 Å². The standard InChI is InChI=1S/C26H22N2O/c1-29-25-19-17-24(18-20-25)27-28-26(21-11-5-2-6-12-21,22-13-7-3-8-14-22)23-15-9-4-10-16-23/h2-20H,1H3/b28-27+. The van der Waals surface area contributed by atoms with Gasteiger partial charge in [-0.3, -0.25) is 0 Å². The summed E-state index contributed by atoms with van der Waals surface area (Å²) in [5, 5.41) is 9.63. The first-order valence-corrected chi connectivity index (χ1v) is 9.56. The number of ether oxygens (including phenoxy) is 1. The molecule has 0 aliphatic rings. The van der Waals surface area contributed by atoms with Gasteiger partial charge in [0.15, 0.2) is 5.54 Å². The van der Waals surface area contributed by atoms with E-state index in [-0.39, 0.29) is 0 Å². The summed E-state index contributed by atoms with van der Waals surface area (Å²) in [4.78, 5) is 0. The fraction of sp³-hybridized carbons (Fsp3) is 0.0769. The summed E-state index contributed by atoms with van der Waals surface area (Å²) >= 11 is 0. The van der Waals surface area contributed by atoms with E-state index in [4.69, 9.17) is 9.85 Å². The maximum atomic E-state index is 5.25. The molecular formula is C26H22N2O. The van der Waals surface area contributed by atoms with Crippen molar-refractivity contribution < 1.29 is 4.74 Å². The van der Waals surface area contributed by atoms with Crippen LogP contribution in [0.1, 0.15) is 16.7 Å². The Labute approximate surface area is 171 Å². The predicted octanol–water partition coefficient (Wildman–Crippen LogP) is 6.77. The fourth-order valence-corrected chi connectivity index (χ4v) is 3.49. The van der Waals surface area contributed by atoms with Crippen molar-refractivity contribution in [2.45, 2.75) is 5.54 Å². The summed E-state index contributed by atoms with van der Waals surface area (Å²) in [6.07, 6.45) is 0. The van der Waals surface area contributed by atoms with Crippen LogP contribution in [0, 0.1) is 0 Å². The molecule has 29 heavy (non-hydrogen) atoms. The first-order chi connectivity index (χ1) is 14.3. The van der Waals surface area contributed by atoms with Gasteiger partial charge in [0.2, 0.25) is 0 Å². The number of azo groups is 1. The van der Waals surface area contributed by atoms with E-state index in [9.17, 15) is 0 Å². The summed E-state index contributed by atoms with van der Waals surface area (Å²) in [7, 11) is 1.65. The quantitative estimate of drug-likeness (QED) is 0.269. The lowest BCUT2D eigenvalue weighted by atomic mass is 9.78. The van der Waals surface area contributed by atoms with Crippen molar-refractivity contribution in [3.8, 4) is 5.75 Å². The average Bonchev–Trinajstić information content (AvgIpc) is 2.82. The molecule has 3 heteroatoms. The zero-order valence-electron chi connectivity index (χ0n) is 16.3. The van der Waals surface area contributed by atoms with E-state index in [1.807, 2.05) is 78.9 Å². The molecule has 0 saturated carbocycles. The first kappa shape index (κ1) is 18.6. The van der Waals surface area contributed by atoms with Crippen molar-refractivity contribution in [2.75, 3.05) is 7.11 Å². The minimum atomic E-state index is -0.746. The highest BCUT2D eigenvalue weighted by Crippen LogP contribution is 2.41. The molecule has 0 radical (unpaired) electrons. The molecule has 4 aromatic carbocycles. The zero-order chi connectivity index (χ0) is 19.9. The third-order valence-electron chi connectivity index (χ3n) is 4.96. The van der Waals surface area contributed by atoms with Gasteiger partial charge in [-0.05, 0) is 41.0 Å². The Kier molecular flexibility index (Phi) is 5.48. The Bertz CT molecular complexity index is 963. The molecule has 3 nitrogen and oxygen atoms in total. The highest BCUT2D eigenvalue weighted by Gasteiger charge is 2.36. The van der Waals surface area contributed by atoms with Gasteiger partial charge in [0, 0.05) is 0 Å². The maximum absolute atomic E-state index is 5.25. The lowest BCUT2D eigenvalue weighted by Gasteiger charge is -2.30. The third kappa shape index (κ3) is 3.81. The molecule has 4 rings (SSSR count). The molecule has 0 N–H and O–H groups in total. The van der Waals surface area contributed by atoms with Gasteiger partial charge in [-0.25, -0.2) is 0 Å². The minimum absolute atomic E-state index is 0.746. The number of benzene rings is 4. The summed E-state index contributed by atoms with van der Waals surface area (Å²) in [6.45, 7) is 0. The van der Waals surface area contributed by atoms with Crippen LogP contribution in [0.3, 0.4) is 0 Å². The largest absolute Gasteiger partial charge is 0.497 e. The normalized spacial score (nSPS) is 11.5. The van der Waals surface area contributed by atoms with Crippen LogP contribution < -0.4 is 4.74 Å². The number of nitrogens with zero attached hydrogens (tertiary/aromatic N) is 2. The van der Waals surface area contributed by atoms with Gasteiger partial charge in [0.1, 0.15) is 5.75 Å². The lowest BCUT2D eigenvalue weighted by molar-refractivity contribution is 0.415. The number of methoxy groups -OCH3 is 1. The monoisotopic (exact) mass is 378 g/mol. The van der Waals surface area contributed by atoms with E-state index < -0.39 is 5.54 Å². The molecule has 0 spiro atoms. The van der Waals surface area contributed by atoms with Crippen LogP contribution in [0.25, 0.3) is 0 Å². The summed E-state index contributed by atoms with van der Waals surface area (Å²) in [5.74, 6) is 0.796. The van der Waals surface area contributed by atoms with Crippen LogP contribution in [0.2, 0.25) is 0 Å². The van der Waals surface area contributed by atoms with Crippen LogP contribution in [0.15, 0.2) is 125 Å². The minimum Gasteiger partial charge on any atom is -0.497 e. The molecule has 0 bridgehead atoms. The van der Waals surface area contributed by atoms with Gasteiger partial charge < -0.3 is 4.74 Å².